The summed E-state index contributed by atoms with van der Waals surface area (Å²) in [7, 11) is 5.56. The van der Waals surface area contributed by atoms with Crippen LogP contribution in [0, 0.1) is 11.3 Å². The highest BCUT2D eigenvalue weighted by atomic mass is 32.1. The van der Waals surface area contributed by atoms with Crippen molar-refractivity contribution in [1.82, 2.24) is 4.98 Å². The molecule has 0 bridgehead atoms. The van der Waals surface area contributed by atoms with E-state index in [2.05, 4.69) is 16.4 Å². The van der Waals surface area contributed by atoms with Gasteiger partial charge in [-0.05, 0) is 0 Å². The summed E-state index contributed by atoms with van der Waals surface area (Å²) in [5.74, 6) is 0.659. The van der Waals surface area contributed by atoms with Gasteiger partial charge in [0.25, 0.3) is 0 Å². The Balaban J connectivity index is 3.07. The zero-order valence-electron chi connectivity index (χ0n) is 7.25. The van der Waals surface area contributed by atoms with Crippen molar-refractivity contribution in [3.05, 3.63) is 4.88 Å². The van der Waals surface area contributed by atoms with Crippen molar-refractivity contribution in [2.24, 2.45) is 0 Å². The lowest BCUT2D eigenvalue weighted by Crippen LogP contribution is -2.07. The van der Waals surface area contributed by atoms with Crippen molar-refractivity contribution in [3.8, 4) is 6.07 Å². The van der Waals surface area contributed by atoms with E-state index in [1.54, 1.807) is 7.05 Å². The standard InChI is InChI=1S/C7H10N4S/c1-9-6-5(4-8)12-7(10-6)11(2)3/h9H,1-3H3. The molecule has 0 unspecified atom stereocenters. The number of aromatic nitrogens is 1. The Morgan fingerprint density at radius 1 is 1.58 bits per heavy atom. The quantitative estimate of drug-likeness (QED) is 0.744. The molecule has 0 amide bonds. The molecule has 0 aliphatic heterocycles. The molecule has 64 valence electrons. The zero-order valence-corrected chi connectivity index (χ0v) is 8.07. The van der Waals surface area contributed by atoms with Gasteiger partial charge in [-0.15, -0.1) is 0 Å². The van der Waals surface area contributed by atoms with Gasteiger partial charge in [0.2, 0.25) is 0 Å². The van der Waals surface area contributed by atoms with Crippen LogP contribution in [0.3, 0.4) is 0 Å². The maximum absolute atomic E-state index is 8.71. The molecule has 4 nitrogen and oxygen atoms in total. The number of thiazole rings is 1. The summed E-state index contributed by atoms with van der Waals surface area (Å²) in [5, 5.41) is 12.4. The van der Waals surface area contributed by atoms with Gasteiger partial charge in [-0.2, -0.15) is 5.26 Å². The third kappa shape index (κ3) is 1.48. The topological polar surface area (TPSA) is 52.0 Å². The van der Waals surface area contributed by atoms with Crippen LogP contribution < -0.4 is 10.2 Å². The van der Waals surface area contributed by atoms with Gasteiger partial charge in [-0.3, -0.25) is 0 Å². The van der Waals surface area contributed by atoms with Crippen LogP contribution in [0.25, 0.3) is 0 Å². The van der Waals surface area contributed by atoms with Crippen LogP contribution in [0.15, 0.2) is 0 Å². The van der Waals surface area contributed by atoms with E-state index in [4.69, 9.17) is 5.26 Å². The number of nitriles is 1. The fourth-order valence-corrected chi connectivity index (χ4v) is 1.54. The number of hydrogen-bond acceptors (Lipinski definition) is 5. The Labute approximate surface area is 75.5 Å². The minimum Gasteiger partial charge on any atom is -0.371 e. The first-order chi connectivity index (χ1) is 5.69. The summed E-state index contributed by atoms with van der Waals surface area (Å²) in [6, 6.07) is 2.09. The Bertz CT molecular complexity index is 310. The fraction of sp³-hybridized carbons (Fsp3) is 0.429. The molecule has 0 radical (unpaired) electrons. The molecular formula is C7H10N4S. The lowest BCUT2D eigenvalue weighted by Gasteiger charge is -2.04. The van der Waals surface area contributed by atoms with E-state index >= 15 is 0 Å². The molecular weight excluding hydrogens is 172 g/mol. The summed E-state index contributed by atoms with van der Waals surface area (Å²) in [6.45, 7) is 0. The van der Waals surface area contributed by atoms with Crippen molar-refractivity contribution in [1.29, 1.82) is 5.26 Å². The van der Waals surface area contributed by atoms with Crippen LogP contribution in [0.1, 0.15) is 4.88 Å². The van der Waals surface area contributed by atoms with Crippen molar-refractivity contribution in [2.75, 3.05) is 31.4 Å². The van der Waals surface area contributed by atoms with E-state index in [0.29, 0.717) is 10.7 Å². The molecule has 0 atom stereocenters. The molecule has 0 fully saturated rings. The van der Waals surface area contributed by atoms with Gasteiger partial charge < -0.3 is 10.2 Å². The van der Waals surface area contributed by atoms with Crippen molar-refractivity contribution >= 4 is 22.3 Å². The maximum atomic E-state index is 8.71. The third-order valence-corrected chi connectivity index (χ3v) is 2.46. The van der Waals surface area contributed by atoms with Crippen LogP contribution in [0.5, 0.6) is 0 Å². The van der Waals surface area contributed by atoms with E-state index in [1.807, 2.05) is 19.0 Å². The van der Waals surface area contributed by atoms with E-state index in [9.17, 15) is 0 Å². The molecule has 1 heterocycles. The van der Waals surface area contributed by atoms with Gasteiger partial charge >= 0.3 is 0 Å². The van der Waals surface area contributed by atoms with Crippen LogP contribution >= 0.6 is 11.3 Å². The number of hydrogen-bond donors (Lipinski definition) is 1. The molecule has 0 aliphatic rings. The molecule has 0 saturated heterocycles. The summed E-state index contributed by atoms with van der Waals surface area (Å²) < 4.78 is 0. The Morgan fingerprint density at radius 2 is 2.25 bits per heavy atom. The predicted octanol–water partition coefficient (Wildman–Crippen LogP) is 1.12. The Kier molecular flexibility index (Phi) is 2.51. The van der Waals surface area contributed by atoms with E-state index in [1.165, 1.54) is 11.3 Å². The van der Waals surface area contributed by atoms with Crippen molar-refractivity contribution in [2.45, 2.75) is 0 Å². The van der Waals surface area contributed by atoms with Crippen LogP contribution in [0.4, 0.5) is 10.9 Å². The van der Waals surface area contributed by atoms with Crippen LogP contribution in [-0.4, -0.2) is 26.1 Å². The second-order valence-electron chi connectivity index (χ2n) is 2.43. The molecule has 1 N–H and O–H groups in total. The van der Waals surface area contributed by atoms with Gasteiger partial charge in [0.1, 0.15) is 6.07 Å². The highest BCUT2D eigenvalue weighted by Crippen LogP contribution is 2.27. The third-order valence-electron chi connectivity index (χ3n) is 1.34. The number of rotatable bonds is 2. The summed E-state index contributed by atoms with van der Waals surface area (Å²) >= 11 is 1.38. The molecule has 1 rings (SSSR count). The predicted molar refractivity (Wildman–Crippen MR) is 50.7 cm³/mol. The molecule has 5 heteroatoms. The minimum absolute atomic E-state index is 0.626. The molecule has 0 saturated carbocycles. The smallest absolute Gasteiger partial charge is 0.188 e. The highest BCUT2D eigenvalue weighted by molar-refractivity contribution is 7.16. The molecule has 0 spiro atoms. The lowest BCUT2D eigenvalue weighted by atomic mass is 10.5. The summed E-state index contributed by atoms with van der Waals surface area (Å²) in [4.78, 5) is 6.72. The molecule has 0 aliphatic carbocycles. The van der Waals surface area contributed by atoms with Gasteiger partial charge in [0, 0.05) is 21.1 Å². The van der Waals surface area contributed by atoms with Crippen molar-refractivity contribution in [3.63, 3.8) is 0 Å². The molecule has 0 aromatic carbocycles. The SMILES string of the molecule is CNc1nc(N(C)C)sc1C#N. The fourth-order valence-electron chi connectivity index (χ4n) is 0.745. The molecule has 1 aromatic rings. The van der Waals surface area contributed by atoms with Gasteiger partial charge in [0.15, 0.2) is 15.8 Å². The van der Waals surface area contributed by atoms with Crippen LogP contribution in [-0.2, 0) is 0 Å². The second-order valence-corrected chi connectivity index (χ2v) is 3.41. The maximum Gasteiger partial charge on any atom is 0.188 e. The van der Waals surface area contributed by atoms with Crippen LogP contribution in [0.2, 0.25) is 0 Å². The van der Waals surface area contributed by atoms with E-state index in [-0.39, 0.29) is 0 Å². The average molecular weight is 182 g/mol. The van der Waals surface area contributed by atoms with Gasteiger partial charge in [-0.25, -0.2) is 4.98 Å². The normalized spacial score (nSPS) is 9.17. The first-order valence-electron chi connectivity index (χ1n) is 3.45. The molecule has 12 heavy (non-hydrogen) atoms. The minimum atomic E-state index is 0.626. The Hall–Kier alpha value is -1.28. The largest absolute Gasteiger partial charge is 0.371 e. The first kappa shape index (κ1) is 8.81. The van der Waals surface area contributed by atoms with Crippen molar-refractivity contribution < 1.29 is 0 Å². The van der Waals surface area contributed by atoms with E-state index < -0.39 is 0 Å². The highest BCUT2D eigenvalue weighted by Gasteiger charge is 2.09. The second kappa shape index (κ2) is 3.41. The Morgan fingerprint density at radius 3 is 2.58 bits per heavy atom. The summed E-state index contributed by atoms with van der Waals surface area (Å²) in [6.07, 6.45) is 0. The summed E-state index contributed by atoms with van der Waals surface area (Å²) in [5.41, 5.74) is 0. The zero-order chi connectivity index (χ0) is 9.14. The molecule has 1 aromatic heterocycles. The number of nitrogens with one attached hydrogen (secondary N) is 1. The lowest BCUT2D eigenvalue weighted by molar-refractivity contribution is 1.10. The monoisotopic (exact) mass is 182 g/mol. The average Bonchev–Trinajstić information content (AvgIpc) is 2.46. The first-order valence-corrected chi connectivity index (χ1v) is 4.26. The van der Waals surface area contributed by atoms with Gasteiger partial charge in [0.05, 0.1) is 0 Å². The van der Waals surface area contributed by atoms with E-state index in [0.717, 1.165) is 5.13 Å². The number of anilines is 2. The van der Waals surface area contributed by atoms with Gasteiger partial charge in [-0.1, -0.05) is 11.3 Å². The number of nitrogens with zero attached hydrogens (tertiary/aromatic N) is 3.